The van der Waals surface area contributed by atoms with Crippen LogP contribution in [0.4, 0.5) is 0 Å². The maximum atomic E-state index is 5.71. The highest BCUT2D eigenvalue weighted by Crippen LogP contribution is 2.06. The highest BCUT2D eigenvalue weighted by molar-refractivity contribution is 6.34. The molecule has 0 heterocycles. The molecule has 1 rings (SSSR count). The Balaban J connectivity index is 2.86. The summed E-state index contributed by atoms with van der Waals surface area (Å²) in [4.78, 5) is 0. The van der Waals surface area contributed by atoms with Crippen LogP contribution < -0.4 is 5.19 Å². The van der Waals surface area contributed by atoms with Crippen LogP contribution in [-0.2, 0) is 6.42 Å². The molecule has 0 saturated carbocycles. The van der Waals surface area contributed by atoms with E-state index in [1.807, 2.05) is 6.07 Å². The van der Waals surface area contributed by atoms with Crippen LogP contribution in [0, 0.1) is 0 Å². The van der Waals surface area contributed by atoms with E-state index in [1.165, 1.54) is 10.8 Å². The summed E-state index contributed by atoms with van der Waals surface area (Å²) in [6, 6.07) is 8.34. The third-order valence-corrected chi connectivity index (χ3v) is 2.75. The number of allylic oxidation sites excluding steroid dienone is 1. The molecule has 0 aliphatic rings. The standard InChI is InChI=1S/C9H11ClSi/c1-7(10)6-8-4-2-3-5-9(8)11/h2-5H,1,6H2,11H3. The lowest BCUT2D eigenvalue weighted by molar-refractivity contribution is 1.27. The molecule has 0 amide bonds. The Morgan fingerprint density at radius 1 is 1.45 bits per heavy atom. The van der Waals surface area contributed by atoms with Gasteiger partial charge in [0.2, 0.25) is 0 Å². The van der Waals surface area contributed by atoms with Gasteiger partial charge in [-0.3, -0.25) is 0 Å². The Labute approximate surface area is 75.3 Å². The van der Waals surface area contributed by atoms with E-state index in [1.54, 1.807) is 0 Å². The molecule has 2 heteroatoms. The fourth-order valence-electron chi connectivity index (χ4n) is 1.02. The first-order valence-electron chi connectivity index (χ1n) is 3.58. The number of benzene rings is 1. The molecule has 11 heavy (non-hydrogen) atoms. The highest BCUT2D eigenvalue weighted by Gasteiger charge is 1.96. The lowest BCUT2D eigenvalue weighted by atomic mass is 10.1. The van der Waals surface area contributed by atoms with Gasteiger partial charge in [0.05, 0.1) is 0 Å². The summed E-state index contributed by atoms with van der Waals surface area (Å²) in [6.07, 6.45) is 0.807. The predicted molar refractivity (Wildman–Crippen MR) is 54.7 cm³/mol. The largest absolute Gasteiger partial charge is 0.0894 e. The van der Waals surface area contributed by atoms with Crippen LogP contribution in [0.25, 0.3) is 0 Å². The van der Waals surface area contributed by atoms with Crippen molar-refractivity contribution in [2.45, 2.75) is 6.42 Å². The van der Waals surface area contributed by atoms with E-state index < -0.39 is 0 Å². The van der Waals surface area contributed by atoms with E-state index >= 15 is 0 Å². The van der Waals surface area contributed by atoms with Gasteiger partial charge in [0.25, 0.3) is 0 Å². The molecule has 0 aliphatic heterocycles. The summed E-state index contributed by atoms with van der Waals surface area (Å²) in [6.45, 7) is 3.67. The third kappa shape index (κ3) is 2.52. The van der Waals surface area contributed by atoms with Crippen molar-refractivity contribution in [3.8, 4) is 0 Å². The van der Waals surface area contributed by atoms with E-state index in [4.69, 9.17) is 11.6 Å². The minimum absolute atomic E-state index is 0.716. The van der Waals surface area contributed by atoms with Crippen LogP contribution in [0.1, 0.15) is 5.56 Å². The lowest BCUT2D eigenvalue weighted by Crippen LogP contribution is -2.08. The Kier molecular flexibility index (Phi) is 2.91. The summed E-state index contributed by atoms with van der Waals surface area (Å²) in [5.41, 5.74) is 1.32. The van der Waals surface area contributed by atoms with Gasteiger partial charge in [-0.25, -0.2) is 0 Å². The zero-order valence-corrected chi connectivity index (χ0v) is 9.36. The van der Waals surface area contributed by atoms with Crippen molar-refractivity contribution in [3.05, 3.63) is 41.4 Å². The van der Waals surface area contributed by atoms with Gasteiger partial charge in [-0.15, -0.1) is 0 Å². The van der Waals surface area contributed by atoms with Gasteiger partial charge < -0.3 is 0 Å². The topological polar surface area (TPSA) is 0 Å². The molecule has 0 radical (unpaired) electrons. The SMILES string of the molecule is C=C(Cl)Cc1ccccc1[SiH3]. The Hall–Kier alpha value is -0.533. The van der Waals surface area contributed by atoms with E-state index in [0.717, 1.165) is 16.7 Å². The first kappa shape index (κ1) is 8.56. The fourth-order valence-corrected chi connectivity index (χ4v) is 1.69. The van der Waals surface area contributed by atoms with E-state index in [9.17, 15) is 0 Å². The predicted octanol–water partition coefficient (Wildman–Crippen LogP) is 0.972. The van der Waals surface area contributed by atoms with Gasteiger partial charge in [-0.05, 0) is 5.56 Å². The van der Waals surface area contributed by atoms with Gasteiger partial charge in [-0.1, -0.05) is 47.6 Å². The first-order chi connectivity index (χ1) is 5.20. The summed E-state index contributed by atoms with van der Waals surface area (Å²) >= 11 is 5.71. The van der Waals surface area contributed by atoms with Gasteiger partial charge in [0.15, 0.2) is 0 Å². The molecule has 0 unspecified atom stereocenters. The second-order valence-electron chi connectivity index (χ2n) is 2.62. The molecular formula is C9H11ClSi. The van der Waals surface area contributed by atoms with Crippen LogP contribution in [-0.4, -0.2) is 10.2 Å². The maximum absolute atomic E-state index is 5.71. The number of hydrogen-bond donors (Lipinski definition) is 0. The average Bonchev–Trinajstić information content (AvgIpc) is 1.93. The number of hydrogen-bond acceptors (Lipinski definition) is 0. The summed E-state index contributed by atoms with van der Waals surface area (Å²) in [5, 5.41) is 2.13. The van der Waals surface area contributed by atoms with Crippen LogP contribution in [0.2, 0.25) is 0 Å². The molecule has 0 nitrogen and oxygen atoms in total. The van der Waals surface area contributed by atoms with Gasteiger partial charge in [0.1, 0.15) is 0 Å². The lowest BCUT2D eigenvalue weighted by Gasteiger charge is -2.02. The molecule has 58 valence electrons. The van der Waals surface area contributed by atoms with E-state index in [2.05, 4.69) is 24.8 Å². The van der Waals surface area contributed by atoms with Crippen molar-refractivity contribution >= 4 is 27.0 Å². The Morgan fingerprint density at radius 2 is 2.09 bits per heavy atom. The van der Waals surface area contributed by atoms with Crippen LogP contribution >= 0.6 is 11.6 Å². The highest BCUT2D eigenvalue weighted by atomic mass is 35.5. The normalized spacial score (nSPS) is 9.91. The van der Waals surface area contributed by atoms with Crippen molar-refractivity contribution in [2.24, 2.45) is 0 Å². The summed E-state index contributed by atoms with van der Waals surface area (Å²) in [7, 11) is 1.08. The molecule has 0 fully saturated rings. The molecule has 0 aliphatic carbocycles. The molecule has 0 aromatic heterocycles. The molecule has 0 saturated heterocycles. The summed E-state index contributed by atoms with van der Waals surface area (Å²) < 4.78 is 0. The smallest absolute Gasteiger partial charge is 0.0388 e. The monoisotopic (exact) mass is 182 g/mol. The first-order valence-corrected chi connectivity index (χ1v) is 4.95. The molecular weight excluding hydrogens is 172 g/mol. The molecule has 0 spiro atoms. The minimum atomic E-state index is 0.716. The van der Waals surface area contributed by atoms with Crippen molar-refractivity contribution in [3.63, 3.8) is 0 Å². The third-order valence-electron chi connectivity index (χ3n) is 1.64. The second-order valence-corrected chi connectivity index (χ2v) is 4.23. The van der Waals surface area contributed by atoms with Gasteiger partial charge in [0, 0.05) is 21.7 Å². The summed E-state index contributed by atoms with van der Waals surface area (Å²) in [5.74, 6) is 0. The fraction of sp³-hybridized carbons (Fsp3) is 0.111. The van der Waals surface area contributed by atoms with E-state index in [0.29, 0.717) is 5.03 Å². The number of rotatable bonds is 2. The molecule has 1 aromatic carbocycles. The molecule has 0 N–H and O–H groups in total. The molecule has 1 aromatic rings. The Bertz CT molecular complexity index is 268. The van der Waals surface area contributed by atoms with Gasteiger partial charge >= 0.3 is 0 Å². The van der Waals surface area contributed by atoms with Crippen molar-refractivity contribution < 1.29 is 0 Å². The zero-order valence-electron chi connectivity index (χ0n) is 6.60. The second kappa shape index (κ2) is 3.74. The molecule has 0 atom stereocenters. The van der Waals surface area contributed by atoms with Crippen molar-refractivity contribution in [1.29, 1.82) is 0 Å². The quantitative estimate of drug-likeness (QED) is 0.599. The Morgan fingerprint density at radius 3 is 2.64 bits per heavy atom. The van der Waals surface area contributed by atoms with Crippen LogP contribution in [0.15, 0.2) is 35.9 Å². The van der Waals surface area contributed by atoms with Crippen molar-refractivity contribution in [1.82, 2.24) is 0 Å². The minimum Gasteiger partial charge on any atom is -0.0894 e. The zero-order chi connectivity index (χ0) is 8.27. The van der Waals surface area contributed by atoms with Crippen LogP contribution in [0.3, 0.4) is 0 Å². The van der Waals surface area contributed by atoms with Crippen LogP contribution in [0.5, 0.6) is 0 Å². The van der Waals surface area contributed by atoms with E-state index in [-0.39, 0.29) is 0 Å². The maximum Gasteiger partial charge on any atom is 0.0388 e. The molecule has 0 bridgehead atoms. The average molecular weight is 183 g/mol. The van der Waals surface area contributed by atoms with Crippen molar-refractivity contribution in [2.75, 3.05) is 0 Å². The number of halogens is 1. The van der Waals surface area contributed by atoms with Gasteiger partial charge in [-0.2, -0.15) is 0 Å².